The van der Waals surface area contributed by atoms with Gasteiger partial charge in [-0.15, -0.1) is 5.10 Å². The van der Waals surface area contributed by atoms with Gasteiger partial charge in [0.2, 0.25) is 5.91 Å². The molecular weight excluding hydrogens is 320 g/mol. The molecule has 1 saturated heterocycles. The van der Waals surface area contributed by atoms with E-state index in [-0.39, 0.29) is 17.7 Å². The van der Waals surface area contributed by atoms with E-state index < -0.39 is 0 Å². The minimum atomic E-state index is -0.0963. The van der Waals surface area contributed by atoms with E-state index >= 15 is 0 Å². The lowest BCUT2D eigenvalue weighted by molar-refractivity contribution is -0.119. The summed E-state index contributed by atoms with van der Waals surface area (Å²) >= 11 is 0. The molecule has 25 heavy (non-hydrogen) atoms. The highest BCUT2D eigenvalue weighted by Gasteiger charge is 2.27. The molecule has 0 bridgehead atoms. The van der Waals surface area contributed by atoms with E-state index in [2.05, 4.69) is 25.5 Å². The standard InChI is InChI=1S/C17H20N6O2/c1-12(24)20-11-15-16(19-8-7-18-15)13-4-9-23(10-5-13)17(25)14-3-2-6-21-22-14/h2-3,6-8,13H,4-5,9-11H2,1H3,(H,20,24). The van der Waals surface area contributed by atoms with Crippen molar-refractivity contribution in [2.75, 3.05) is 13.1 Å². The van der Waals surface area contributed by atoms with Gasteiger partial charge in [0.15, 0.2) is 5.69 Å². The molecule has 2 aromatic rings. The number of nitrogens with one attached hydrogen (secondary N) is 1. The van der Waals surface area contributed by atoms with Crippen molar-refractivity contribution in [1.29, 1.82) is 0 Å². The topological polar surface area (TPSA) is 101 Å². The first kappa shape index (κ1) is 16.9. The normalized spacial score (nSPS) is 15.0. The van der Waals surface area contributed by atoms with Crippen LogP contribution in [0, 0.1) is 0 Å². The molecule has 2 amide bonds. The number of aromatic nitrogens is 4. The Hall–Kier alpha value is -2.90. The van der Waals surface area contributed by atoms with Gasteiger partial charge < -0.3 is 10.2 Å². The summed E-state index contributed by atoms with van der Waals surface area (Å²) in [5, 5.41) is 10.4. The predicted molar refractivity (Wildman–Crippen MR) is 89.5 cm³/mol. The molecule has 8 nitrogen and oxygen atoms in total. The Morgan fingerprint density at radius 2 is 1.96 bits per heavy atom. The molecule has 1 aliphatic heterocycles. The van der Waals surface area contributed by atoms with Crippen LogP contribution >= 0.6 is 0 Å². The maximum Gasteiger partial charge on any atom is 0.274 e. The van der Waals surface area contributed by atoms with Crippen LogP contribution in [0.15, 0.2) is 30.7 Å². The highest BCUT2D eigenvalue weighted by Crippen LogP contribution is 2.28. The zero-order valence-electron chi connectivity index (χ0n) is 14.1. The third-order valence-corrected chi connectivity index (χ3v) is 4.27. The van der Waals surface area contributed by atoms with E-state index in [9.17, 15) is 9.59 Å². The molecule has 8 heteroatoms. The Morgan fingerprint density at radius 1 is 1.20 bits per heavy atom. The van der Waals surface area contributed by atoms with Crippen molar-refractivity contribution < 1.29 is 9.59 Å². The van der Waals surface area contributed by atoms with Crippen LogP contribution in [0.3, 0.4) is 0 Å². The van der Waals surface area contributed by atoms with E-state index in [1.54, 1.807) is 35.6 Å². The van der Waals surface area contributed by atoms with Crippen LogP contribution in [0.5, 0.6) is 0 Å². The number of carbonyl (C=O) groups is 2. The average Bonchev–Trinajstić information content (AvgIpc) is 2.67. The van der Waals surface area contributed by atoms with Crippen LogP contribution in [0.4, 0.5) is 0 Å². The number of amides is 2. The number of likely N-dealkylation sites (tertiary alicyclic amines) is 1. The minimum Gasteiger partial charge on any atom is -0.351 e. The molecule has 3 rings (SSSR count). The molecule has 2 aromatic heterocycles. The minimum absolute atomic E-state index is 0.0934. The molecular formula is C17H20N6O2. The van der Waals surface area contributed by atoms with Gasteiger partial charge in [0.05, 0.1) is 17.9 Å². The van der Waals surface area contributed by atoms with Gasteiger partial charge in [-0.3, -0.25) is 19.6 Å². The first-order valence-corrected chi connectivity index (χ1v) is 8.26. The third kappa shape index (κ3) is 4.14. The highest BCUT2D eigenvalue weighted by molar-refractivity contribution is 5.92. The number of piperidine rings is 1. The summed E-state index contributed by atoms with van der Waals surface area (Å²) in [5.41, 5.74) is 2.06. The van der Waals surface area contributed by atoms with Gasteiger partial charge in [0.1, 0.15) is 0 Å². The van der Waals surface area contributed by atoms with Crippen molar-refractivity contribution in [2.45, 2.75) is 32.2 Å². The molecule has 0 unspecified atom stereocenters. The second-order valence-electron chi connectivity index (χ2n) is 5.97. The molecule has 0 atom stereocenters. The number of rotatable bonds is 4. The quantitative estimate of drug-likeness (QED) is 0.888. The Bertz CT molecular complexity index is 744. The molecule has 3 heterocycles. The van der Waals surface area contributed by atoms with E-state index in [1.807, 2.05) is 0 Å². The molecule has 1 fully saturated rings. The lowest BCUT2D eigenvalue weighted by Gasteiger charge is -2.32. The van der Waals surface area contributed by atoms with Crippen LogP contribution in [-0.2, 0) is 11.3 Å². The van der Waals surface area contributed by atoms with Gasteiger partial charge in [-0.05, 0) is 25.0 Å². The number of hydrogen-bond donors (Lipinski definition) is 1. The maximum atomic E-state index is 12.4. The van der Waals surface area contributed by atoms with Crippen LogP contribution in [0.1, 0.15) is 47.6 Å². The van der Waals surface area contributed by atoms with Crippen molar-refractivity contribution in [3.63, 3.8) is 0 Å². The summed E-state index contributed by atoms with van der Waals surface area (Å²) in [6.07, 6.45) is 6.46. The molecule has 0 saturated carbocycles. The molecule has 0 radical (unpaired) electrons. The molecule has 0 spiro atoms. The SMILES string of the molecule is CC(=O)NCc1nccnc1C1CCN(C(=O)c2cccnn2)CC1. The van der Waals surface area contributed by atoms with Crippen LogP contribution < -0.4 is 5.32 Å². The molecule has 1 aliphatic rings. The zero-order valence-corrected chi connectivity index (χ0v) is 14.1. The first-order chi connectivity index (χ1) is 12.1. The Kier molecular flexibility index (Phi) is 5.27. The zero-order chi connectivity index (χ0) is 17.6. The maximum absolute atomic E-state index is 12.4. The van der Waals surface area contributed by atoms with Crippen molar-refractivity contribution >= 4 is 11.8 Å². The lowest BCUT2D eigenvalue weighted by atomic mass is 9.91. The third-order valence-electron chi connectivity index (χ3n) is 4.27. The summed E-state index contributed by atoms with van der Waals surface area (Å²) < 4.78 is 0. The van der Waals surface area contributed by atoms with E-state index in [1.165, 1.54) is 6.92 Å². The second-order valence-corrected chi connectivity index (χ2v) is 5.97. The predicted octanol–water partition coefficient (Wildman–Crippen LogP) is 0.922. The van der Waals surface area contributed by atoms with E-state index in [0.29, 0.717) is 25.3 Å². The summed E-state index contributed by atoms with van der Waals surface area (Å²) in [7, 11) is 0. The molecule has 130 valence electrons. The monoisotopic (exact) mass is 340 g/mol. The fourth-order valence-corrected chi connectivity index (χ4v) is 3.00. The van der Waals surface area contributed by atoms with Gasteiger partial charge in [-0.25, -0.2) is 0 Å². The van der Waals surface area contributed by atoms with Gasteiger partial charge >= 0.3 is 0 Å². The molecule has 0 aliphatic carbocycles. The van der Waals surface area contributed by atoms with Crippen LogP contribution in [-0.4, -0.2) is 50.0 Å². The van der Waals surface area contributed by atoms with Gasteiger partial charge in [-0.2, -0.15) is 5.10 Å². The van der Waals surface area contributed by atoms with E-state index in [4.69, 9.17) is 0 Å². The Labute approximate surface area is 145 Å². The van der Waals surface area contributed by atoms with Crippen molar-refractivity contribution in [1.82, 2.24) is 30.4 Å². The number of nitrogens with zero attached hydrogens (tertiary/aromatic N) is 5. The van der Waals surface area contributed by atoms with Gasteiger partial charge in [0.25, 0.3) is 5.91 Å². The molecule has 1 N–H and O–H groups in total. The van der Waals surface area contributed by atoms with Crippen molar-refractivity contribution in [3.05, 3.63) is 47.8 Å². The first-order valence-electron chi connectivity index (χ1n) is 8.26. The Morgan fingerprint density at radius 3 is 2.64 bits per heavy atom. The fraction of sp³-hybridized carbons (Fsp3) is 0.412. The summed E-state index contributed by atoms with van der Waals surface area (Å²) in [5.74, 6) is 0.0357. The summed E-state index contributed by atoms with van der Waals surface area (Å²) in [4.78, 5) is 34.2. The summed E-state index contributed by atoms with van der Waals surface area (Å²) in [6.45, 7) is 3.12. The largest absolute Gasteiger partial charge is 0.351 e. The second kappa shape index (κ2) is 7.78. The Balaban J connectivity index is 1.65. The molecule has 0 aromatic carbocycles. The van der Waals surface area contributed by atoms with Crippen molar-refractivity contribution in [2.24, 2.45) is 0 Å². The van der Waals surface area contributed by atoms with Crippen LogP contribution in [0.25, 0.3) is 0 Å². The van der Waals surface area contributed by atoms with Gasteiger partial charge in [-0.1, -0.05) is 0 Å². The summed E-state index contributed by atoms with van der Waals surface area (Å²) in [6, 6.07) is 3.39. The number of carbonyl (C=O) groups excluding carboxylic acids is 2. The smallest absolute Gasteiger partial charge is 0.274 e. The van der Waals surface area contributed by atoms with E-state index in [0.717, 1.165) is 24.2 Å². The number of hydrogen-bond acceptors (Lipinski definition) is 6. The highest BCUT2D eigenvalue weighted by atomic mass is 16.2. The van der Waals surface area contributed by atoms with Crippen LogP contribution in [0.2, 0.25) is 0 Å². The van der Waals surface area contributed by atoms with Crippen molar-refractivity contribution in [3.8, 4) is 0 Å². The van der Waals surface area contributed by atoms with Gasteiger partial charge in [0, 0.05) is 44.5 Å². The average molecular weight is 340 g/mol. The lowest BCUT2D eigenvalue weighted by Crippen LogP contribution is -2.38. The fourth-order valence-electron chi connectivity index (χ4n) is 3.00.